The van der Waals surface area contributed by atoms with Crippen molar-refractivity contribution < 1.29 is 67.0 Å². The zero-order valence-electron chi connectivity index (χ0n) is 22.3. The van der Waals surface area contributed by atoms with E-state index in [1.54, 1.807) is 0 Å². The Bertz CT molecular complexity index is 1560. The molecule has 2 saturated heterocycles. The van der Waals surface area contributed by atoms with E-state index < -0.39 is 83.8 Å². The number of allylic oxidation sites excluding steroid dienone is 2. The molecular weight excluding hydrogens is 636 g/mol. The lowest BCUT2D eigenvalue weighted by Crippen LogP contribution is -2.43. The number of imidazole rings is 1. The Labute approximate surface area is 247 Å². The normalized spacial score (nSPS) is 33.3. The molecule has 23 heteroatoms. The molecule has 0 aliphatic carbocycles. The van der Waals surface area contributed by atoms with Crippen LogP contribution in [0.2, 0.25) is 0 Å². The lowest BCUT2D eigenvalue weighted by molar-refractivity contribution is -0.247. The number of ether oxygens (including phenoxy) is 2. The van der Waals surface area contributed by atoms with Gasteiger partial charge in [-0.05, 0) is 6.08 Å². The van der Waals surface area contributed by atoms with Gasteiger partial charge in [0, 0.05) is 11.8 Å². The second-order valence-corrected chi connectivity index (χ2v) is 12.8. The second kappa shape index (κ2) is 12.5. The van der Waals surface area contributed by atoms with Crippen LogP contribution < -0.4 is 21.3 Å². The maximum absolute atomic E-state index is 12.3. The van der Waals surface area contributed by atoms with Crippen molar-refractivity contribution in [3.8, 4) is 0 Å². The number of phosphoric acid groups is 2. The Hall–Kier alpha value is -2.88. The van der Waals surface area contributed by atoms with E-state index >= 15 is 0 Å². The molecule has 21 nitrogen and oxygen atoms in total. The summed E-state index contributed by atoms with van der Waals surface area (Å²) in [5, 5.41) is 41.5. The lowest BCUT2D eigenvalue weighted by Gasteiger charge is -2.32. The topological polar surface area (TPSA) is 323 Å². The van der Waals surface area contributed by atoms with Crippen molar-refractivity contribution in [2.45, 2.75) is 49.1 Å². The molecule has 5 rings (SSSR count). The van der Waals surface area contributed by atoms with E-state index in [0.717, 1.165) is 6.33 Å². The van der Waals surface area contributed by atoms with Crippen LogP contribution in [0.25, 0.3) is 11.2 Å². The summed E-state index contributed by atoms with van der Waals surface area (Å²) < 4.78 is 49.9. The number of primary amides is 1. The molecule has 0 bridgehead atoms. The van der Waals surface area contributed by atoms with Gasteiger partial charge in [0.15, 0.2) is 23.9 Å². The summed E-state index contributed by atoms with van der Waals surface area (Å²) in [5.74, 6) is -0.686. The van der Waals surface area contributed by atoms with Gasteiger partial charge < -0.3 is 65.1 Å². The maximum Gasteiger partial charge on any atom is 0.274 e. The zero-order chi connectivity index (χ0) is 32.0. The number of aromatic nitrogens is 4. The molecule has 5 heterocycles. The van der Waals surface area contributed by atoms with Crippen LogP contribution in [0.15, 0.2) is 36.6 Å². The number of fused-ring (bicyclic) bond motifs is 1. The van der Waals surface area contributed by atoms with Crippen molar-refractivity contribution in [1.29, 1.82) is 0 Å². The number of nitrogen functional groups attached to an aromatic ring is 1. The lowest BCUT2D eigenvalue weighted by atomic mass is 10.1. The van der Waals surface area contributed by atoms with Gasteiger partial charge in [-0.15, -0.1) is 0 Å². The summed E-state index contributed by atoms with van der Waals surface area (Å²) in [7, 11) is -11.3. The number of carbonyl (C=O) groups is 1. The van der Waals surface area contributed by atoms with E-state index in [1.165, 1.54) is 34.1 Å². The molecule has 44 heavy (non-hydrogen) atoms. The predicted molar refractivity (Wildman–Crippen MR) is 138 cm³/mol. The van der Waals surface area contributed by atoms with Gasteiger partial charge in [0.25, 0.3) is 15.6 Å². The molecule has 0 aromatic carbocycles. The number of rotatable bonds is 11. The van der Waals surface area contributed by atoms with E-state index in [1.807, 2.05) is 0 Å². The zero-order valence-corrected chi connectivity index (χ0v) is 24.1. The third-order valence-corrected chi connectivity index (χ3v) is 9.43. The minimum atomic E-state index is -5.68. The number of carbonyl (C=O) groups excluding carboxylic acids is 1. The van der Waals surface area contributed by atoms with Gasteiger partial charge >= 0.3 is 0 Å². The molecule has 2 fully saturated rings. The van der Waals surface area contributed by atoms with Crippen LogP contribution in [0, 0.1) is 0 Å². The number of aliphatic hydroxyl groups is 4. The molecule has 2 unspecified atom stereocenters. The van der Waals surface area contributed by atoms with E-state index in [2.05, 4.69) is 28.3 Å². The Morgan fingerprint density at radius 3 is 2.18 bits per heavy atom. The summed E-state index contributed by atoms with van der Waals surface area (Å²) in [6, 6.07) is 0. The van der Waals surface area contributed by atoms with Crippen LogP contribution in [0.3, 0.4) is 0 Å². The van der Waals surface area contributed by atoms with Gasteiger partial charge in [0.1, 0.15) is 48.5 Å². The van der Waals surface area contributed by atoms with E-state index in [-0.39, 0.29) is 29.1 Å². The first kappa shape index (κ1) is 32.5. The number of aliphatic hydroxyl groups excluding tert-OH is 4. The summed E-state index contributed by atoms with van der Waals surface area (Å²) in [5.41, 5.74) is 11.5. The van der Waals surface area contributed by atoms with Crippen LogP contribution in [0.4, 0.5) is 5.82 Å². The van der Waals surface area contributed by atoms with E-state index in [0.29, 0.717) is 0 Å². The van der Waals surface area contributed by atoms with E-state index in [9.17, 15) is 44.1 Å². The van der Waals surface area contributed by atoms with Crippen LogP contribution in [-0.4, -0.2) is 113 Å². The Morgan fingerprint density at radius 1 is 0.977 bits per heavy atom. The molecule has 2 aromatic rings. The highest BCUT2D eigenvalue weighted by atomic mass is 31.3. The third kappa shape index (κ3) is 6.70. The van der Waals surface area contributed by atoms with E-state index in [4.69, 9.17) is 20.9 Å². The molecule has 10 atom stereocenters. The highest BCUT2D eigenvalue weighted by molar-refractivity contribution is 7.59. The smallest absolute Gasteiger partial charge is 0.274 e. The number of amides is 1. The average Bonchev–Trinajstić information content (AvgIpc) is 3.61. The standard InChI is InChI=1S/C21H29N7O14P2/c22-17-12-19(25-7-24-17)28(8-26-12)21-16(32)14(30)11(41-21)6-39-44(36,37)42-43(34,35)38-5-10-13(29)15(31)20(40-10)27-3-1-2-9(4-27)18(23)33/h1-3,7-8,10-11,13-16,20-21,29-32H,4-6H2,(H2,23,33)(H,34,35)(H,36,37)(H2,22,24,25)/p-2/t10-,11-,13+,14+,15-,16-,20-,21-/m1/s1. The molecule has 8 N–H and O–H groups in total. The largest absolute Gasteiger partial charge is 0.756 e. The quantitative estimate of drug-likeness (QED) is 0.124. The van der Waals surface area contributed by atoms with Gasteiger partial charge in [-0.3, -0.25) is 18.5 Å². The fourth-order valence-corrected chi connectivity index (χ4v) is 6.72. The first-order valence-corrected chi connectivity index (χ1v) is 15.6. The van der Waals surface area contributed by atoms with Gasteiger partial charge in [0.2, 0.25) is 5.91 Å². The maximum atomic E-state index is 12.3. The van der Waals surface area contributed by atoms with Gasteiger partial charge in [0.05, 0.1) is 26.1 Å². The van der Waals surface area contributed by atoms with Crippen molar-refractivity contribution in [2.24, 2.45) is 5.73 Å². The fraction of sp³-hybridized carbons (Fsp3) is 0.524. The highest BCUT2D eigenvalue weighted by Gasteiger charge is 2.47. The van der Waals surface area contributed by atoms with Crippen LogP contribution >= 0.6 is 15.6 Å². The highest BCUT2D eigenvalue weighted by Crippen LogP contribution is 2.56. The fourth-order valence-electron chi connectivity index (χ4n) is 4.70. The predicted octanol–water partition coefficient (Wildman–Crippen LogP) is -4.30. The summed E-state index contributed by atoms with van der Waals surface area (Å²) in [4.78, 5) is 49.1. The van der Waals surface area contributed by atoms with Crippen molar-refractivity contribution in [1.82, 2.24) is 24.4 Å². The Balaban J connectivity index is 1.14. The first-order valence-electron chi connectivity index (χ1n) is 12.7. The molecular formula is C21H27N7O14P2-2. The van der Waals surface area contributed by atoms with Crippen molar-refractivity contribution in [2.75, 3.05) is 25.5 Å². The first-order chi connectivity index (χ1) is 20.7. The number of anilines is 1. The Kier molecular flexibility index (Phi) is 9.23. The molecule has 0 radical (unpaired) electrons. The van der Waals surface area contributed by atoms with Gasteiger partial charge in [-0.1, -0.05) is 6.08 Å². The monoisotopic (exact) mass is 663 g/mol. The number of nitrogens with zero attached hydrogens (tertiary/aromatic N) is 5. The third-order valence-electron chi connectivity index (χ3n) is 6.90. The van der Waals surface area contributed by atoms with Crippen LogP contribution in [0.5, 0.6) is 0 Å². The number of phosphoric ester groups is 2. The summed E-state index contributed by atoms with van der Waals surface area (Å²) >= 11 is 0. The molecule has 242 valence electrons. The molecule has 1 amide bonds. The van der Waals surface area contributed by atoms with Crippen molar-refractivity contribution in [3.05, 3.63) is 36.6 Å². The molecule has 0 spiro atoms. The minimum Gasteiger partial charge on any atom is -0.756 e. The van der Waals surface area contributed by atoms with Gasteiger partial charge in [-0.25, -0.2) is 19.3 Å². The number of hydrogen-bond acceptors (Lipinski definition) is 19. The minimum absolute atomic E-state index is 0.0377. The molecule has 0 saturated carbocycles. The average molecular weight is 663 g/mol. The second-order valence-electron chi connectivity index (χ2n) is 9.81. The van der Waals surface area contributed by atoms with Gasteiger partial charge in [-0.2, -0.15) is 0 Å². The van der Waals surface area contributed by atoms with Crippen LogP contribution in [-0.2, 0) is 36.8 Å². The van der Waals surface area contributed by atoms with Crippen molar-refractivity contribution in [3.63, 3.8) is 0 Å². The number of hydrogen-bond donors (Lipinski definition) is 6. The van der Waals surface area contributed by atoms with Crippen LogP contribution in [0.1, 0.15) is 6.23 Å². The summed E-state index contributed by atoms with van der Waals surface area (Å²) in [6.45, 7) is -2.04. The number of nitrogens with two attached hydrogens (primary N) is 2. The SMILES string of the molecule is NC(=O)C1=CC=CN([C@@H]2O[C@H](COP(=O)([O-])OP(=O)([O-])OC[C@H]3O[C@@H](n4cnc5c(N)ncnc54)[C@H](O)[C@H]3O)[C@H](O)[C@H]2O)C1. The Morgan fingerprint density at radius 2 is 1.57 bits per heavy atom. The molecule has 2 aromatic heterocycles. The van der Waals surface area contributed by atoms with Crippen molar-refractivity contribution >= 4 is 38.5 Å². The molecule has 3 aliphatic heterocycles. The summed E-state index contributed by atoms with van der Waals surface area (Å²) in [6.07, 6.45) is -5.40. The molecule has 3 aliphatic rings.